The summed E-state index contributed by atoms with van der Waals surface area (Å²) in [5.74, 6) is 0. The molecule has 0 bridgehead atoms. The quantitative estimate of drug-likeness (QED) is 0.175. The van der Waals surface area contributed by atoms with Crippen LogP contribution < -0.4 is 44.2 Å². The van der Waals surface area contributed by atoms with Crippen molar-refractivity contribution in [2.24, 2.45) is 0 Å². The summed E-state index contributed by atoms with van der Waals surface area (Å²) < 4.78 is 26.3. The summed E-state index contributed by atoms with van der Waals surface area (Å²) in [7, 11) is -14.7. The summed E-state index contributed by atoms with van der Waals surface area (Å²) in [5, 5.41) is 0. The van der Waals surface area contributed by atoms with Gasteiger partial charge in [0.15, 0.2) is 0 Å². The van der Waals surface area contributed by atoms with Crippen molar-refractivity contribution >= 4 is 23.5 Å². The van der Waals surface area contributed by atoms with E-state index in [-0.39, 0.29) is 43.4 Å². The van der Waals surface area contributed by atoms with Crippen LogP contribution in [0.4, 0.5) is 0 Å². The van der Waals surface area contributed by atoms with E-state index in [0.717, 1.165) is 0 Å². The second kappa shape index (κ2) is 14.7. The first-order chi connectivity index (χ1) is 6.00. The van der Waals surface area contributed by atoms with E-state index < -0.39 is 23.5 Å². The summed E-state index contributed by atoms with van der Waals surface area (Å²) in [6.45, 7) is 0. The molecule has 0 fully saturated rings. The van der Waals surface area contributed by atoms with Crippen molar-refractivity contribution in [3.05, 3.63) is 0 Å². The van der Waals surface area contributed by atoms with E-state index in [4.69, 9.17) is 57.7 Å². The minimum absolute atomic E-state index is 0. The number of hydrogen-bond acceptors (Lipinski definition) is 6. The van der Waals surface area contributed by atoms with Gasteiger partial charge < -0.3 is 55.0 Å². The molecule has 0 amide bonds. The molecule has 0 aromatic heterocycles. The first-order valence-corrected chi connectivity index (χ1v) is 6.89. The summed E-state index contributed by atoms with van der Waals surface area (Å²) in [6, 6.07) is 0. The summed E-state index contributed by atoms with van der Waals surface area (Å²) in [5.41, 5.74) is 0. The molecular weight excluding hydrogens is 340 g/mol. The third kappa shape index (κ3) is 2920. The predicted octanol–water partition coefficient (Wildman–Crippen LogP) is -9.10. The zero-order valence-corrected chi connectivity index (χ0v) is 13.2. The zero-order valence-electron chi connectivity index (χ0n) is 10.5. The molecule has 0 rings (SSSR count). The molecule has 18 heteroatoms. The fraction of sp³-hybridized carbons (Fsp3) is 0. The van der Waals surface area contributed by atoms with E-state index in [1.54, 1.807) is 0 Å². The SMILES string of the molecule is O.O.O=P([O-])(O)O.O=P([O-])(O)O.O=P([O-])(O)O.[H+].[H+].[Na+]. The van der Waals surface area contributed by atoms with Gasteiger partial charge in [-0.15, -0.1) is 0 Å². The largest absolute Gasteiger partial charge is 1.00 e. The Morgan fingerprint density at radius 3 is 0.611 bits per heavy atom. The smallest absolute Gasteiger partial charge is 0.756 e. The van der Waals surface area contributed by atoms with Gasteiger partial charge in [-0.1, -0.05) is 0 Å². The Morgan fingerprint density at radius 2 is 0.611 bits per heavy atom. The minimum Gasteiger partial charge on any atom is -0.756 e. The molecule has 10 N–H and O–H groups in total. The molecule has 0 aliphatic carbocycles. The van der Waals surface area contributed by atoms with Crippen LogP contribution in [0, 0.1) is 0 Å². The Morgan fingerprint density at radius 1 is 0.611 bits per heavy atom. The van der Waals surface area contributed by atoms with Crippen molar-refractivity contribution in [1.82, 2.24) is 0 Å². The van der Waals surface area contributed by atoms with Crippen LogP contribution in [-0.2, 0) is 13.7 Å². The zero-order chi connectivity index (χ0) is 13.5. The average molecular weight is 352 g/mol. The Kier molecular flexibility index (Phi) is 29.7. The number of phosphoric acid groups is 3. The van der Waals surface area contributed by atoms with Crippen molar-refractivity contribution < 1.29 is 101 Å². The molecule has 18 heavy (non-hydrogen) atoms. The molecule has 0 heterocycles. The van der Waals surface area contributed by atoms with Crippen LogP contribution in [0.25, 0.3) is 0 Å². The molecule has 0 aliphatic heterocycles. The van der Waals surface area contributed by atoms with Gasteiger partial charge in [-0.25, -0.2) is 0 Å². The molecular formula is H12NaO14P3. The Labute approximate surface area is 125 Å². The Bertz CT molecular complexity index is 212. The average Bonchev–Trinajstić information content (AvgIpc) is 1.41. The van der Waals surface area contributed by atoms with Gasteiger partial charge >= 0.3 is 32.4 Å². The summed E-state index contributed by atoms with van der Waals surface area (Å²) >= 11 is 0. The van der Waals surface area contributed by atoms with Gasteiger partial charge in [0.05, 0.1) is 0 Å². The standard InChI is InChI=1S/Na.3H3O4P.2H2O/c;3*1-5(2,3)4;;/h;3*(H3,1,2,3,4);2*1H2/q+1;;;;;/p-1. The van der Waals surface area contributed by atoms with Crippen molar-refractivity contribution in [3.63, 3.8) is 0 Å². The minimum atomic E-state index is -4.89. The van der Waals surface area contributed by atoms with Gasteiger partial charge in [0.25, 0.3) is 23.5 Å². The van der Waals surface area contributed by atoms with Crippen molar-refractivity contribution in [2.75, 3.05) is 0 Å². The molecule has 0 atom stereocenters. The van der Waals surface area contributed by atoms with Crippen molar-refractivity contribution in [2.45, 2.75) is 0 Å². The molecule has 14 nitrogen and oxygen atoms in total. The van der Waals surface area contributed by atoms with E-state index in [2.05, 4.69) is 0 Å². The maximum absolute atomic E-state index is 8.77. The van der Waals surface area contributed by atoms with Crippen molar-refractivity contribution in [1.29, 1.82) is 0 Å². The molecule has 0 aromatic carbocycles. The fourth-order valence-corrected chi connectivity index (χ4v) is 0. The maximum Gasteiger partial charge on any atom is 1.00 e. The third-order valence-electron chi connectivity index (χ3n) is 0. The normalized spacial score (nSPS) is 9.83. The van der Waals surface area contributed by atoms with Crippen LogP contribution in [0.1, 0.15) is 2.85 Å². The van der Waals surface area contributed by atoms with Crippen LogP contribution in [0.3, 0.4) is 0 Å². The van der Waals surface area contributed by atoms with Gasteiger partial charge in [0, 0.05) is 0 Å². The van der Waals surface area contributed by atoms with Gasteiger partial charge in [-0.2, -0.15) is 0 Å². The first-order valence-electron chi connectivity index (χ1n) is 2.30. The molecule has 0 aliphatic rings. The van der Waals surface area contributed by atoms with Crippen LogP contribution in [-0.4, -0.2) is 40.3 Å². The number of rotatable bonds is 0. The second-order valence-corrected chi connectivity index (χ2v) is 4.42. The maximum atomic E-state index is 8.77. The third-order valence-corrected chi connectivity index (χ3v) is 0. The molecule has 112 valence electrons. The predicted molar refractivity (Wildman–Crippen MR) is 45.6 cm³/mol. The van der Waals surface area contributed by atoms with Crippen molar-refractivity contribution in [3.8, 4) is 0 Å². The first kappa shape index (κ1) is 36.5. The topological polar surface area (TPSA) is 305 Å². The molecule has 0 saturated heterocycles. The molecule has 0 aromatic rings. The Hall–Kier alpha value is 1.25. The van der Waals surface area contributed by atoms with E-state index in [1.807, 2.05) is 0 Å². The summed E-state index contributed by atoms with van der Waals surface area (Å²) in [6.07, 6.45) is 0. The molecule has 0 radical (unpaired) electrons. The van der Waals surface area contributed by atoms with Crippen LogP contribution in [0.15, 0.2) is 0 Å². The van der Waals surface area contributed by atoms with E-state index in [0.29, 0.717) is 0 Å². The molecule has 0 unspecified atom stereocenters. The van der Waals surface area contributed by atoms with E-state index >= 15 is 0 Å². The van der Waals surface area contributed by atoms with Crippen LogP contribution in [0.2, 0.25) is 0 Å². The van der Waals surface area contributed by atoms with Crippen LogP contribution >= 0.6 is 23.5 Å². The van der Waals surface area contributed by atoms with E-state index in [9.17, 15) is 0 Å². The monoisotopic (exact) mass is 352 g/mol. The Balaban J connectivity index is -0.0000000160. The molecule has 0 saturated carbocycles. The van der Waals surface area contributed by atoms with Gasteiger partial charge in [-0.3, -0.25) is 13.7 Å². The van der Waals surface area contributed by atoms with E-state index in [1.165, 1.54) is 0 Å². The fourth-order valence-electron chi connectivity index (χ4n) is 0. The molecule has 0 spiro atoms. The van der Waals surface area contributed by atoms with Gasteiger partial charge in [-0.05, 0) is 0 Å². The van der Waals surface area contributed by atoms with Crippen LogP contribution in [0.5, 0.6) is 0 Å². The second-order valence-electron chi connectivity index (χ2n) is 1.47. The number of hydrogen-bond donors (Lipinski definition) is 6. The van der Waals surface area contributed by atoms with Gasteiger partial charge in [0.2, 0.25) is 0 Å². The summed E-state index contributed by atoms with van der Waals surface area (Å²) in [4.78, 5) is 68.8. The van der Waals surface area contributed by atoms with Gasteiger partial charge in [0.1, 0.15) is 0 Å².